The first-order chi connectivity index (χ1) is 8.26. The molecule has 2 N–H and O–H groups in total. The first-order valence-electron chi connectivity index (χ1n) is 6.99. The van der Waals surface area contributed by atoms with Crippen LogP contribution in [0.4, 0.5) is 0 Å². The van der Waals surface area contributed by atoms with Crippen molar-refractivity contribution in [3.05, 3.63) is 0 Å². The van der Waals surface area contributed by atoms with Crippen LogP contribution in [-0.2, 0) is 4.79 Å². The van der Waals surface area contributed by atoms with Crippen LogP contribution in [0.25, 0.3) is 0 Å². The molecule has 114 valence electrons. The molecule has 2 bridgehead atoms. The van der Waals surface area contributed by atoms with E-state index in [1.807, 2.05) is 0 Å². The predicted molar refractivity (Wildman–Crippen MR) is 83.2 cm³/mol. The second kappa shape index (κ2) is 9.01. The van der Waals surface area contributed by atoms with Gasteiger partial charge in [-0.15, -0.1) is 24.8 Å². The molecule has 2 atom stereocenters. The molecule has 4 nitrogen and oxygen atoms in total. The Labute approximate surface area is 128 Å². The van der Waals surface area contributed by atoms with E-state index in [1.54, 1.807) is 0 Å². The molecule has 2 saturated heterocycles. The molecule has 0 saturated carbocycles. The molecule has 1 amide bonds. The summed E-state index contributed by atoms with van der Waals surface area (Å²) in [4.78, 5) is 16.9. The van der Waals surface area contributed by atoms with E-state index in [2.05, 4.69) is 16.7 Å². The predicted octanol–water partition coefficient (Wildman–Crippen LogP) is 1.65. The van der Waals surface area contributed by atoms with Gasteiger partial charge >= 0.3 is 0 Å². The highest BCUT2D eigenvalue weighted by molar-refractivity contribution is 5.85. The van der Waals surface area contributed by atoms with Gasteiger partial charge < -0.3 is 15.5 Å². The first kappa shape index (κ1) is 19.0. The van der Waals surface area contributed by atoms with Gasteiger partial charge in [-0.2, -0.15) is 0 Å². The van der Waals surface area contributed by atoms with E-state index < -0.39 is 0 Å². The minimum atomic E-state index is 0. The fourth-order valence-electron chi connectivity index (χ4n) is 3.22. The van der Waals surface area contributed by atoms with Gasteiger partial charge in [0.2, 0.25) is 5.91 Å². The molecular weight excluding hydrogens is 285 g/mol. The lowest BCUT2D eigenvalue weighted by atomic mass is 10.1. The molecule has 0 spiro atoms. The molecule has 2 rings (SSSR count). The van der Waals surface area contributed by atoms with Crippen LogP contribution in [0.3, 0.4) is 0 Å². The highest BCUT2D eigenvalue weighted by Crippen LogP contribution is 2.30. The molecule has 2 unspecified atom stereocenters. The van der Waals surface area contributed by atoms with E-state index in [-0.39, 0.29) is 24.8 Å². The van der Waals surface area contributed by atoms with E-state index in [0.717, 1.165) is 32.5 Å². The molecule has 2 heterocycles. The highest BCUT2D eigenvalue weighted by atomic mass is 35.5. The number of likely N-dealkylation sites (tertiary alicyclic amines) is 1. The van der Waals surface area contributed by atoms with Crippen LogP contribution in [0.2, 0.25) is 0 Å². The Morgan fingerprint density at radius 1 is 1.21 bits per heavy atom. The fourth-order valence-corrected chi connectivity index (χ4v) is 3.22. The number of halogens is 2. The summed E-state index contributed by atoms with van der Waals surface area (Å²) in [5.74, 6) is 0.334. The van der Waals surface area contributed by atoms with Crippen molar-refractivity contribution in [2.24, 2.45) is 5.73 Å². The lowest BCUT2D eigenvalue weighted by Crippen LogP contribution is -2.43. The van der Waals surface area contributed by atoms with Crippen LogP contribution in [0.1, 0.15) is 39.0 Å². The Bertz CT molecular complexity index is 279. The van der Waals surface area contributed by atoms with Crippen molar-refractivity contribution in [2.75, 3.05) is 26.2 Å². The number of likely N-dealkylation sites (N-methyl/N-ethyl adjacent to an activating group) is 1. The average Bonchev–Trinajstić information content (AvgIpc) is 2.62. The molecule has 0 aliphatic carbocycles. The van der Waals surface area contributed by atoms with Crippen molar-refractivity contribution >= 4 is 30.7 Å². The molecule has 2 fully saturated rings. The lowest BCUT2D eigenvalue weighted by molar-refractivity contribution is -0.133. The molecule has 6 heteroatoms. The van der Waals surface area contributed by atoms with Gasteiger partial charge in [0.15, 0.2) is 0 Å². The van der Waals surface area contributed by atoms with Crippen molar-refractivity contribution in [3.8, 4) is 0 Å². The van der Waals surface area contributed by atoms with Crippen molar-refractivity contribution in [2.45, 2.75) is 51.1 Å². The average molecular weight is 312 g/mol. The summed E-state index contributed by atoms with van der Waals surface area (Å²) >= 11 is 0. The van der Waals surface area contributed by atoms with E-state index in [1.165, 1.54) is 12.8 Å². The zero-order valence-electron chi connectivity index (χ0n) is 11.7. The Kier molecular flexibility index (Phi) is 8.99. The molecule has 0 aromatic carbocycles. The number of hydrogen-bond donors (Lipinski definition) is 1. The number of carbonyl (C=O) groups is 1. The van der Waals surface area contributed by atoms with Gasteiger partial charge in [0.05, 0.1) is 0 Å². The summed E-state index contributed by atoms with van der Waals surface area (Å²) < 4.78 is 0. The van der Waals surface area contributed by atoms with Crippen molar-refractivity contribution in [1.29, 1.82) is 0 Å². The normalized spacial score (nSPS) is 26.3. The summed E-state index contributed by atoms with van der Waals surface area (Å²) in [5, 5.41) is 0. The van der Waals surface area contributed by atoms with Crippen LogP contribution in [0, 0.1) is 0 Å². The number of rotatable bonds is 4. The molecular formula is C13H27Cl2N3O. The van der Waals surface area contributed by atoms with Crippen LogP contribution in [0.15, 0.2) is 0 Å². The van der Waals surface area contributed by atoms with Gasteiger partial charge in [-0.25, -0.2) is 0 Å². The largest absolute Gasteiger partial charge is 0.335 e. The van der Waals surface area contributed by atoms with Crippen LogP contribution in [-0.4, -0.2) is 54.0 Å². The minimum absolute atomic E-state index is 0. The SMILES string of the molecule is CCN1CCC2CCC(C1)N2C(=O)CCCN.Cl.Cl. The minimum Gasteiger partial charge on any atom is -0.335 e. The number of fused-ring (bicyclic) bond motifs is 2. The van der Waals surface area contributed by atoms with Gasteiger partial charge in [-0.1, -0.05) is 6.92 Å². The number of nitrogens with zero attached hydrogens (tertiary/aromatic N) is 2. The molecule has 2 aliphatic heterocycles. The number of amides is 1. The Morgan fingerprint density at radius 2 is 1.89 bits per heavy atom. The highest BCUT2D eigenvalue weighted by Gasteiger charge is 2.39. The zero-order valence-corrected chi connectivity index (χ0v) is 13.3. The Hall–Kier alpha value is -0.0300. The van der Waals surface area contributed by atoms with E-state index in [9.17, 15) is 4.79 Å². The maximum absolute atomic E-state index is 12.2. The maximum Gasteiger partial charge on any atom is 0.223 e. The number of carbonyl (C=O) groups excluding carboxylic acids is 1. The molecule has 19 heavy (non-hydrogen) atoms. The fraction of sp³-hybridized carbons (Fsp3) is 0.923. The van der Waals surface area contributed by atoms with Gasteiger partial charge in [-0.05, 0) is 38.8 Å². The Balaban J connectivity index is 0.00000162. The van der Waals surface area contributed by atoms with Crippen molar-refractivity contribution in [1.82, 2.24) is 9.80 Å². The molecule has 0 aromatic heterocycles. The third kappa shape index (κ3) is 4.48. The van der Waals surface area contributed by atoms with Crippen molar-refractivity contribution < 1.29 is 4.79 Å². The zero-order chi connectivity index (χ0) is 12.3. The molecule has 2 aliphatic rings. The monoisotopic (exact) mass is 311 g/mol. The molecule has 0 radical (unpaired) electrons. The van der Waals surface area contributed by atoms with Crippen LogP contribution in [0.5, 0.6) is 0 Å². The van der Waals surface area contributed by atoms with E-state index >= 15 is 0 Å². The lowest BCUT2D eigenvalue weighted by Gasteiger charge is -2.28. The third-order valence-electron chi connectivity index (χ3n) is 4.20. The topological polar surface area (TPSA) is 49.6 Å². The van der Waals surface area contributed by atoms with Gasteiger partial charge in [0.1, 0.15) is 0 Å². The standard InChI is InChI=1S/C13H25N3O.2ClH/c1-2-15-9-7-11-5-6-12(10-15)16(11)13(17)4-3-8-14;;/h11-12H,2-10,14H2,1H3;2*1H. The summed E-state index contributed by atoms with van der Waals surface area (Å²) in [5.41, 5.74) is 5.49. The summed E-state index contributed by atoms with van der Waals surface area (Å²) in [6, 6.07) is 0.967. The quantitative estimate of drug-likeness (QED) is 0.859. The third-order valence-corrected chi connectivity index (χ3v) is 4.20. The van der Waals surface area contributed by atoms with Crippen molar-refractivity contribution in [3.63, 3.8) is 0 Å². The van der Waals surface area contributed by atoms with Gasteiger partial charge in [0, 0.05) is 31.6 Å². The van der Waals surface area contributed by atoms with Gasteiger partial charge in [0.25, 0.3) is 0 Å². The number of nitrogens with two attached hydrogens (primary N) is 1. The number of hydrogen-bond acceptors (Lipinski definition) is 3. The van der Waals surface area contributed by atoms with E-state index in [4.69, 9.17) is 5.73 Å². The first-order valence-corrected chi connectivity index (χ1v) is 6.99. The second-order valence-electron chi connectivity index (χ2n) is 5.26. The molecule has 0 aromatic rings. The summed E-state index contributed by atoms with van der Waals surface area (Å²) in [6.45, 7) is 6.16. The van der Waals surface area contributed by atoms with Crippen LogP contribution < -0.4 is 5.73 Å². The van der Waals surface area contributed by atoms with Crippen LogP contribution >= 0.6 is 24.8 Å². The summed E-state index contributed by atoms with van der Waals surface area (Å²) in [6.07, 6.45) is 5.01. The Morgan fingerprint density at radius 3 is 2.53 bits per heavy atom. The van der Waals surface area contributed by atoms with Gasteiger partial charge in [-0.3, -0.25) is 4.79 Å². The van der Waals surface area contributed by atoms with E-state index in [0.29, 0.717) is 31.0 Å². The maximum atomic E-state index is 12.2. The second-order valence-corrected chi connectivity index (χ2v) is 5.26. The smallest absolute Gasteiger partial charge is 0.223 e. The summed E-state index contributed by atoms with van der Waals surface area (Å²) in [7, 11) is 0.